The Hall–Kier alpha value is -3.05. The number of nitrogens with zero attached hydrogens (tertiary/aromatic N) is 1. The molecule has 4 rings (SSSR count). The van der Waals surface area contributed by atoms with Crippen LogP contribution in [0.4, 0.5) is 32.2 Å². The van der Waals surface area contributed by atoms with E-state index in [1.54, 1.807) is 17.5 Å². The van der Waals surface area contributed by atoms with Gasteiger partial charge in [0, 0.05) is 23.7 Å². The standard InChI is InChI=1S/C23H16ClF6NO3S/c1-31(20-15(22(25,26)27)11-17(33-20)13-4-6-14(24)7-5-13)8-9-32-21-16(23(28,29)30)12-18(34-21)19-3-2-10-35-19/h2-7,10-12H,8-9H2,1H3. The molecule has 0 saturated heterocycles. The van der Waals surface area contributed by atoms with Crippen molar-refractivity contribution >= 4 is 28.8 Å². The minimum Gasteiger partial charge on any atom is -0.463 e. The van der Waals surface area contributed by atoms with Crippen LogP contribution in [0.2, 0.25) is 5.02 Å². The molecular weight excluding hydrogens is 520 g/mol. The molecule has 0 radical (unpaired) electrons. The molecule has 35 heavy (non-hydrogen) atoms. The van der Waals surface area contributed by atoms with Gasteiger partial charge in [-0.05, 0) is 41.8 Å². The zero-order chi connectivity index (χ0) is 25.4. The molecule has 0 bridgehead atoms. The molecule has 0 amide bonds. The van der Waals surface area contributed by atoms with Crippen LogP contribution < -0.4 is 9.64 Å². The van der Waals surface area contributed by atoms with E-state index in [9.17, 15) is 26.3 Å². The number of hydrogen-bond donors (Lipinski definition) is 0. The summed E-state index contributed by atoms with van der Waals surface area (Å²) in [6.45, 7) is -0.617. The Morgan fingerprint density at radius 2 is 1.57 bits per heavy atom. The van der Waals surface area contributed by atoms with E-state index < -0.39 is 41.9 Å². The predicted molar refractivity (Wildman–Crippen MR) is 120 cm³/mol. The van der Waals surface area contributed by atoms with Crippen LogP contribution in [-0.4, -0.2) is 20.2 Å². The molecule has 4 aromatic rings. The van der Waals surface area contributed by atoms with Gasteiger partial charge in [-0.25, -0.2) is 0 Å². The number of thiophene rings is 1. The zero-order valence-electron chi connectivity index (χ0n) is 17.8. The van der Waals surface area contributed by atoms with Crippen LogP contribution in [0.1, 0.15) is 11.1 Å². The number of rotatable bonds is 7. The van der Waals surface area contributed by atoms with E-state index in [-0.39, 0.29) is 18.1 Å². The van der Waals surface area contributed by atoms with Crippen LogP contribution in [0.25, 0.3) is 22.0 Å². The topological polar surface area (TPSA) is 38.8 Å². The average molecular weight is 536 g/mol. The number of alkyl halides is 6. The molecule has 0 atom stereocenters. The molecule has 0 saturated carbocycles. The van der Waals surface area contributed by atoms with Gasteiger partial charge in [-0.3, -0.25) is 0 Å². The highest BCUT2D eigenvalue weighted by molar-refractivity contribution is 7.13. The number of halogens is 7. The van der Waals surface area contributed by atoms with Gasteiger partial charge in [0.2, 0.25) is 5.88 Å². The predicted octanol–water partition coefficient (Wildman–Crippen LogP) is 8.47. The van der Waals surface area contributed by atoms with E-state index >= 15 is 0 Å². The zero-order valence-corrected chi connectivity index (χ0v) is 19.4. The van der Waals surface area contributed by atoms with E-state index in [2.05, 4.69) is 0 Å². The number of benzene rings is 1. The molecule has 0 aliphatic heterocycles. The maximum absolute atomic E-state index is 13.6. The van der Waals surface area contributed by atoms with Gasteiger partial charge >= 0.3 is 12.4 Å². The largest absolute Gasteiger partial charge is 0.463 e. The summed E-state index contributed by atoms with van der Waals surface area (Å²) in [5.41, 5.74) is -1.76. The van der Waals surface area contributed by atoms with Crippen LogP contribution in [0.3, 0.4) is 0 Å². The smallest absolute Gasteiger partial charge is 0.423 e. The molecule has 0 spiro atoms. The monoisotopic (exact) mass is 535 g/mol. The summed E-state index contributed by atoms with van der Waals surface area (Å²) < 4.78 is 97.1. The first kappa shape index (κ1) is 25.1. The fourth-order valence-corrected chi connectivity index (χ4v) is 4.02. The van der Waals surface area contributed by atoms with E-state index in [0.717, 1.165) is 17.0 Å². The Morgan fingerprint density at radius 1 is 0.914 bits per heavy atom. The summed E-state index contributed by atoms with van der Waals surface area (Å²) in [5, 5.41) is 2.09. The highest BCUT2D eigenvalue weighted by atomic mass is 35.5. The first-order valence-electron chi connectivity index (χ1n) is 9.99. The third kappa shape index (κ3) is 5.62. The lowest BCUT2D eigenvalue weighted by Gasteiger charge is -2.19. The lowest BCUT2D eigenvalue weighted by Crippen LogP contribution is -2.25. The maximum Gasteiger partial charge on any atom is 0.423 e. The number of ether oxygens (including phenoxy) is 1. The van der Waals surface area contributed by atoms with E-state index in [0.29, 0.717) is 15.5 Å². The van der Waals surface area contributed by atoms with Crippen molar-refractivity contribution in [3.8, 4) is 27.9 Å². The normalized spacial score (nSPS) is 12.2. The molecule has 1 aromatic carbocycles. The molecule has 4 nitrogen and oxygen atoms in total. The molecule has 0 fully saturated rings. The van der Waals surface area contributed by atoms with Gasteiger partial charge in [-0.2, -0.15) is 26.3 Å². The number of likely N-dealkylation sites (N-methyl/N-ethyl adjacent to an activating group) is 1. The van der Waals surface area contributed by atoms with Crippen LogP contribution in [0.15, 0.2) is 62.7 Å². The van der Waals surface area contributed by atoms with Crippen molar-refractivity contribution in [2.45, 2.75) is 12.4 Å². The van der Waals surface area contributed by atoms with Gasteiger partial charge < -0.3 is 18.5 Å². The molecular formula is C23H16ClF6NO3S. The summed E-state index contributed by atoms with van der Waals surface area (Å²) in [5.74, 6) is -1.32. The number of furan rings is 2. The Kier molecular flexibility index (Phi) is 6.83. The molecule has 0 unspecified atom stereocenters. The quantitative estimate of drug-likeness (QED) is 0.222. The van der Waals surface area contributed by atoms with Gasteiger partial charge in [0.15, 0.2) is 0 Å². The summed E-state index contributed by atoms with van der Waals surface area (Å²) in [6, 6.07) is 11.0. The Bertz CT molecular complexity index is 1280. The van der Waals surface area contributed by atoms with Crippen molar-refractivity contribution in [1.29, 1.82) is 0 Å². The van der Waals surface area contributed by atoms with Crippen molar-refractivity contribution < 1.29 is 39.9 Å². The second-order valence-electron chi connectivity index (χ2n) is 7.39. The van der Waals surface area contributed by atoms with Gasteiger partial charge in [0.05, 0.1) is 11.4 Å². The van der Waals surface area contributed by atoms with Crippen molar-refractivity contribution in [3.05, 3.63) is 70.1 Å². The fraction of sp³-hybridized carbons (Fsp3) is 0.217. The molecule has 12 heteroatoms. The van der Waals surface area contributed by atoms with Crippen molar-refractivity contribution in [2.75, 3.05) is 25.1 Å². The highest BCUT2D eigenvalue weighted by Gasteiger charge is 2.39. The van der Waals surface area contributed by atoms with Crippen molar-refractivity contribution in [2.24, 2.45) is 0 Å². The Morgan fingerprint density at radius 3 is 2.17 bits per heavy atom. The summed E-state index contributed by atoms with van der Waals surface area (Å²) in [7, 11) is 1.31. The molecule has 3 aromatic heterocycles. The van der Waals surface area contributed by atoms with Gasteiger partial charge in [-0.15, -0.1) is 11.3 Å². The van der Waals surface area contributed by atoms with Crippen LogP contribution >= 0.6 is 22.9 Å². The number of anilines is 1. The van der Waals surface area contributed by atoms with E-state index in [4.69, 9.17) is 25.2 Å². The van der Waals surface area contributed by atoms with Crippen LogP contribution in [-0.2, 0) is 12.4 Å². The molecule has 0 N–H and O–H groups in total. The maximum atomic E-state index is 13.6. The lowest BCUT2D eigenvalue weighted by molar-refractivity contribution is -0.140. The molecule has 186 valence electrons. The Balaban J connectivity index is 1.53. The second kappa shape index (κ2) is 9.54. The average Bonchev–Trinajstić information content (AvgIpc) is 3.52. The highest BCUT2D eigenvalue weighted by Crippen LogP contribution is 2.43. The van der Waals surface area contributed by atoms with Gasteiger partial charge in [0.1, 0.15) is 29.3 Å². The third-order valence-corrected chi connectivity index (χ3v) is 6.06. The fourth-order valence-electron chi connectivity index (χ4n) is 3.22. The third-order valence-electron chi connectivity index (χ3n) is 4.92. The first-order valence-corrected chi connectivity index (χ1v) is 11.2. The van der Waals surface area contributed by atoms with Crippen LogP contribution in [0, 0.1) is 0 Å². The molecule has 0 aliphatic carbocycles. The lowest BCUT2D eigenvalue weighted by atomic mass is 10.1. The SMILES string of the molecule is CN(CCOc1oc(-c2cccs2)cc1C(F)(F)F)c1oc(-c2ccc(Cl)cc2)cc1C(F)(F)F. The summed E-state index contributed by atoms with van der Waals surface area (Å²) in [6.07, 6.45) is -9.46. The first-order chi connectivity index (χ1) is 16.4. The van der Waals surface area contributed by atoms with Crippen molar-refractivity contribution in [1.82, 2.24) is 0 Å². The second-order valence-corrected chi connectivity index (χ2v) is 8.78. The Labute approximate surface area is 204 Å². The summed E-state index contributed by atoms with van der Waals surface area (Å²) in [4.78, 5) is 1.58. The summed E-state index contributed by atoms with van der Waals surface area (Å²) >= 11 is 7.01. The van der Waals surface area contributed by atoms with E-state index in [1.165, 1.54) is 42.6 Å². The van der Waals surface area contributed by atoms with Crippen molar-refractivity contribution in [3.63, 3.8) is 0 Å². The van der Waals surface area contributed by atoms with Gasteiger partial charge in [0.25, 0.3) is 5.95 Å². The minimum atomic E-state index is -4.74. The minimum absolute atomic E-state index is 0.0197. The molecule has 3 heterocycles. The van der Waals surface area contributed by atoms with Crippen LogP contribution in [0.5, 0.6) is 5.95 Å². The molecule has 0 aliphatic rings. The number of hydrogen-bond acceptors (Lipinski definition) is 5. The van der Waals surface area contributed by atoms with E-state index in [1.807, 2.05) is 0 Å². The van der Waals surface area contributed by atoms with Gasteiger partial charge in [-0.1, -0.05) is 17.7 Å².